The van der Waals surface area contributed by atoms with Gasteiger partial charge >= 0.3 is 6.09 Å². The summed E-state index contributed by atoms with van der Waals surface area (Å²) in [7, 11) is 2.04. The molecule has 0 unspecified atom stereocenters. The molecular weight excluding hydrogens is 424 g/mol. The Labute approximate surface area is 196 Å². The third-order valence-corrected chi connectivity index (χ3v) is 6.68. The minimum atomic E-state index is -0.772. The second-order valence-corrected chi connectivity index (χ2v) is 10.6. The first-order chi connectivity index (χ1) is 15.6. The number of ketones is 1. The molecule has 3 rings (SSSR count). The lowest BCUT2D eigenvalue weighted by atomic mass is 9.98. The lowest BCUT2D eigenvalue weighted by Crippen LogP contribution is -2.50. The molecule has 2 heterocycles. The fourth-order valence-electron chi connectivity index (χ4n) is 4.98. The summed E-state index contributed by atoms with van der Waals surface area (Å²) < 4.78 is 11.8. The predicted octanol–water partition coefficient (Wildman–Crippen LogP) is 2.24. The van der Waals surface area contributed by atoms with Crippen LogP contribution in [0.2, 0.25) is 0 Å². The van der Waals surface area contributed by atoms with E-state index in [-0.39, 0.29) is 30.5 Å². The fraction of sp³-hybridized carbons (Fsp3) is 0.833. The molecule has 4 atom stereocenters. The Morgan fingerprint density at radius 2 is 1.91 bits per heavy atom. The van der Waals surface area contributed by atoms with Crippen molar-refractivity contribution in [3.63, 3.8) is 0 Å². The summed E-state index contributed by atoms with van der Waals surface area (Å²) in [6.45, 7) is 7.80. The molecular formula is C24H38N4O5. The molecule has 1 aliphatic carbocycles. The van der Waals surface area contributed by atoms with Crippen LogP contribution in [0.15, 0.2) is 0 Å². The van der Waals surface area contributed by atoms with Gasteiger partial charge in [-0.1, -0.05) is 0 Å². The summed E-state index contributed by atoms with van der Waals surface area (Å²) in [6.07, 6.45) is 3.34. The minimum Gasteiger partial charge on any atom is -0.446 e. The number of nitrogens with one attached hydrogen (secondary N) is 1. The monoisotopic (exact) mass is 462 g/mol. The fourth-order valence-corrected chi connectivity index (χ4v) is 4.98. The molecule has 9 heteroatoms. The number of nitriles is 1. The van der Waals surface area contributed by atoms with E-state index in [1.54, 1.807) is 0 Å². The molecule has 0 spiro atoms. The Kier molecular flexibility index (Phi) is 8.35. The average molecular weight is 463 g/mol. The number of carbonyl (C=O) groups excluding carboxylic acids is 3. The Hall–Kier alpha value is -2.18. The van der Waals surface area contributed by atoms with Gasteiger partial charge in [-0.05, 0) is 59.9 Å². The zero-order chi connectivity index (χ0) is 24.2. The maximum absolute atomic E-state index is 13.2. The maximum Gasteiger partial charge on any atom is 0.410 e. The van der Waals surface area contributed by atoms with Gasteiger partial charge in [-0.25, -0.2) is 4.79 Å². The van der Waals surface area contributed by atoms with Gasteiger partial charge in [0.15, 0.2) is 0 Å². The highest BCUT2D eigenvalue weighted by atomic mass is 16.6. The molecule has 2 aliphatic heterocycles. The van der Waals surface area contributed by atoms with Crippen LogP contribution in [0.1, 0.15) is 65.7 Å². The molecule has 0 aromatic carbocycles. The Balaban J connectivity index is 1.65. The Morgan fingerprint density at radius 3 is 2.48 bits per heavy atom. The van der Waals surface area contributed by atoms with E-state index in [0.717, 1.165) is 38.8 Å². The summed E-state index contributed by atoms with van der Waals surface area (Å²) in [5, 5.41) is 12.3. The van der Waals surface area contributed by atoms with E-state index in [1.165, 1.54) is 4.90 Å². The molecule has 3 fully saturated rings. The number of hydrogen-bond donors (Lipinski definition) is 1. The lowest BCUT2D eigenvalue weighted by Gasteiger charge is -2.31. The number of hydrogen-bond acceptors (Lipinski definition) is 7. The van der Waals surface area contributed by atoms with Crippen LogP contribution in [-0.2, 0) is 19.1 Å². The van der Waals surface area contributed by atoms with Gasteiger partial charge in [0, 0.05) is 31.8 Å². The number of likely N-dealkylation sites (tertiary alicyclic amines) is 2. The smallest absolute Gasteiger partial charge is 0.410 e. The molecule has 2 saturated heterocycles. The van der Waals surface area contributed by atoms with Gasteiger partial charge in [0.25, 0.3) is 0 Å². The highest BCUT2D eigenvalue weighted by molar-refractivity contribution is 5.87. The topological polar surface area (TPSA) is 112 Å². The van der Waals surface area contributed by atoms with Crippen LogP contribution in [0.3, 0.4) is 0 Å². The SMILES string of the molecule is CN1CCC(OC(=O)N2C[C@H](OC(C)(C)C)C[C@H]2C(=O)N[C@H](C#N)C[C@@H]2CCCC2=O)CC1. The second kappa shape index (κ2) is 10.8. The molecule has 1 N–H and O–H groups in total. The van der Waals surface area contributed by atoms with Crippen molar-refractivity contribution in [1.29, 1.82) is 5.26 Å². The summed E-state index contributed by atoms with van der Waals surface area (Å²) in [4.78, 5) is 41.8. The summed E-state index contributed by atoms with van der Waals surface area (Å²) in [5.41, 5.74) is -0.419. The van der Waals surface area contributed by atoms with Gasteiger partial charge in [0.05, 0.1) is 24.3 Å². The lowest BCUT2D eigenvalue weighted by molar-refractivity contribution is -0.126. The highest BCUT2D eigenvalue weighted by Gasteiger charge is 2.43. The maximum atomic E-state index is 13.2. The largest absolute Gasteiger partial charge is 0.446 e. The number of piperidine rings is 1. The van der Waals surface area contributed by atoms with Crippen molar-refractivity contribution < 1.29 is 23.9 Å². The van der Waals surface area contributed by atoms with Crippen molar-refractivity contribution in [2.45, 2.75) is 95.6 Å². The minimum absolute atomic E-state index is 0.160. The molecule has 9 nitrogen and oxygen atoms in total. The Morgan fingerprint density at radius 1 is 1.21 bits per heavy atom. The molecule has 184 valence electrons. The summed E-state index contributed by atoms with van der Waals surface area (Å²) in [6, 6.07) is 0.576. The number of Topliss-reactive ketones (excluding diaryl/α,β-unsaturated/α-hetero) is 1. The van der Waals surface area contributed by atoms with Gasteiger partial charge in [-0.3, -0.25) is 14.5 Å². The first kappa shape index (κ1) is 25.4. The van der Waals surface area contributed by atoms with Gasteiger partial charge in [0.2, 0.25) is 5.91 Å². The summed E-state index contributed by atoms with van der Waals surface area (Å²) >= 11 is 0. The van der Waals surface area contributed by atoms with Crippen LogP contribution in [0, 0.1) is 17.2 Å². The number of rotatable bonds is 6. The van der Waals surface area contributed by atoms with Crippen LogP contribution >= 0.6 is 0 Å². The zero-order valence-electron chi connectivity index (χ0n) is 20.3. The van der Waals surface area contributed by atoms with Crippen molar-refractivity contribution in [3.05, 3.63) is 0 Å². The zero-order valence-corrected chi connectivity index (χ0v) is 20.3. The van der Waals surface area contributed by atoms with Crippen LogP contribution in [0.4, 0.5) is 4.79 Å². The molecule has 1 saturated carbocycles. The van der Waals surface area contributed by atoms with Gasteiger partial charge < -0.3 is 19.7 Å². The highest BCUT2D eigenvalue weighted by Crippen LogP contribution is 2.28. The molecule has 0 radical (unpaired) electrons. The number of amides is 2. The van der Waals surface area contributed by atoms with E-state index < -0.39 is 29.7 Å². The van der Waals surface area contributed by atoms with Crippen molar-refractivity contribution in [1.82, 2.24) is 15.1 Å². The Bertz CT molecular complexity index is 766. The average Bonchev–Trinajstić information content (AvgIpc) is 3.34. The molecule has 2 amide bonds. The predicted molar refractivity (Wildman–Crippen MR) is 121 cm³/mol. The number of nitrogens with zero attached hydrogens (tertiary/aromatic N) is 3. The van der Waals surface area contributed by atoms with Crippen LogP contribution < -0.4 is 5.32 Å². The number of carbonyl (C=O) groups is 3. The summed E-state index contributed by atoms with van der Waals surface area (Å²) in [5.74, 6) is -0.416. The first-order valence-corrected chi connectivity index (χ1v) is 12.1. The normalized spacial score (nSPS) is 27.9. The van der Waals surface area contributed by atoms with E-state index in [0.29, 0.717) is 19.3 Å². The van der Waals surface area contributed by atoms with E-state index in [9.17, 15) is 19.6 Å². The quantitative estimate of drug-likeness (QED) is 0.644. The van der Waals surface area contributed by atoms with Crippen LogP contribution in [0.5, 0.6) is 0 Å². The van der Waals surface area contributed by atoms with Gasteiger partial charge in [-0.2, -0.15) is 5.26 Å². The van der Waals surface area contributed by atoms with E-state index >= 15 is 0 Å². The third-order valence-electron chi connectivity index (χ3n) is 6.68. The van der Waals surface area contributed by atoms with Crippen LogP contribution in [-0.4, -0.2) is 84.2 Å². The standard InChI is InChI=1S/C24H38N4O5/c1-24(2,3)33-19-13-20(22(30)26-17(14-25)12-16-6-5-7-21(16)29)28(15-19)23(31)32-18-8-10-27(4)11-9-18/h16-20H,5-13,15H2,1-4H3,(H,26,30)/t16-,17-,19+,20-/m0/s1. The van der Waals surface area contributed by atoms with E-state index in [2.05, 4.69) is 16.3 Å². The molecule has 0 bridgehead atoms. The van der Waals surface area contributed by atoms with Crippen molar-refractivity contribution >= 4 is 17.8 Å². The molecule has 0 aromatic rings. The first-order valence-electron chi connectivity index (χ1n) is 12.1. The van der Waals surface area contributed by atoms with E-state index in [4.69, 9.17) is 9.47 Å². The van der Waals surface area contributed by atoms with Gasteiger partial charge in [-0.15, -0.1) is 0 Å². The second-order valence-electron chi connectivity index (χ2n) is 10.6. The number of ether oxygens (including phenoxy) is 2. The van der Waals surface area contributed by atoms with Crippen molar-refractivity contribution in [2.75, 3.05) is 26.7 Å². The molecule has 3 aliphatic rings. The molecule has 0 aromatic heterocycles. The van der Waals surface area contributed by atoms with Gasteiger partial charge in [0.1, 0.15) is 24.0 Å². The molecule has 33 heavy (non-hydrogen) atoms. The third kappa shape index (κ3) is 7.15. The van der Waals surface area contributed by atoms with Crippen LogP contribution in [0.25, 0.3) is 0 Å². The van der Waals surface area contributed by atoms with E-state index in [1.807, 2.05) is 27.8 Å². The van der Waals surface area contributed by atoms with Crippen molar-refractivity contribution in [3.8, 4) is 6.07 Å². The van der Waals surface area contributed by atoms with Crippen molar-refractivity contribution in [2.24, 2.45) is 5.92 Å².